The van der Waals surface area contributed by atoms with Crippen molar-refractivity contribution < 1.29 is 4.79 Å². The number of hydrogen-bond donors (Lipinski definition) is 1. The molecule has 0 aromatic heterocycles. The Balaban J connectivity index is 2.27. The van der Waals surface area contributed by atoms with E-state index in [4.69, 9.17) is 11.0 Å². The average Bonchev–Trinajstić information content (AvgIpc) is 2.81. The number of para-hydroxylation sites is 1. The fraction of sp³-hybridized carbons (Fsp3) is 0.500. The Morgan fingerprint density at radius 2 is 2.20 bits per heavy atom. The number of benzene rings is 1. The van der Waals surface area contributed by atoms with Gasteiger partial charge in [-0.05, 0) is 31.9 Å². The molecule has 2 rings (SSSR count). The fourth-order valence-electron chi connectivity index (χ4n) is 2.88. The summed E-state index contributed by atoms with van der Waals surface area (Å²) in [6, 6.07) is 11.5. The van der Waals surface area contributed by atoms with Crippen LogP contribution < -0.4 is 10.6 Å². The number of hydrogen-bond acceptors (Lipinski definition) is 3. The minimum absolute atomic E-state index is 0.0453. The Labute approximate surface area is 120 Å². The summed E-state index contributed by atoms with van der Waals surface area (Å²) in [5, 5.41) is 8.81. The summed E-state index contributed by atoms with van der Waals surface area (Å²) in [5.41, 5.74) is 6.48. The van der Waals surface area contributed by atoms with Crippen molar-refractivity contribution in [1.29, 1.82) is 5.26 Å². The molecular formula is C16H21N3O. The lowest BCUT2D eigenvalue weighted by Crippen LogP contribution is -2.49. The molecule has 4 nitrogen and oxygen atoms in total. The Morgan fingerprint density at radius 1 is 1.50 bits per heavy atom. The third-order valence-electron chi connectivity index (χ3n) is 4.28. The molecule has 20 heavy (non-hydrogen) atoms. The van der Waals surface area contributed by atoms with Gasteiger partial charge in [0.05, 0.1) is 17.9 Å². The molecule has 1 aromatic rings. The topological polar surface area (TPSA) is 70.1 Å². The SMILES string of the molecule is CC1(C(=O)N(CCC#N)c2ccccc2)CCCC1N. The number of anilines is 1. The Hall–Kier alpha value is -1.86. The van der Waals surface area contributed by atoms with Gasteiger partial charge in [-0.2, -0.15) is 5.26 Å². The maximum Gasteiger partial charge on any atom is 0.234 e. The summed E-state index contributed by atoms with van der Waals surface area (Å²) in [5.74, 6) is 0.0453. The number of nitriles is 1. The van der Waals surface area contributed by atoms with Gasteiger partial charge in [0.2, 0.25) is 5.91 Å². The number of nitrogens with two attached hydrogens (primary N) is 1. The van der Waals surface area contributed by atoms with Crippen LogP contribution in [0.1, 0.15) is 32.6 Å². The van der Waals surface area contributed by atoms with E-state index < -0.39 is 5.41 Å². The minimum Gasteiger partial charge on any atom is -0.327 e. The lowest BCUT2D eigenvalue weighted by Gasteiger charge is -2.34. The van der Waals surface area contributed by atoms with E-state index in [9.17, 15) is 4.79 Å². The van der Waals surface area contributed by atoms with Crippen LogP contribution in [0.25, 0.3) is 0 Å². The van der Waals surface area contributed by atoms with Crippen LogP contribution in [-0.4, -0.2) is 18.5 Å². The van der Waals surface area contributed by atoms with Gasteiger partial charge in [0.25, 0.3) is 0 Å². The van der Waals surface area contributed by atoms with E-state index in [-0.39, 0.29) is 11.9 Å². The molecule has 0 saturated heterocycles. The van der Waals surface area contributed by atoms with Crippen LogP contribution in [0.2, 0.25) is 0 Å². The first-order chi connectivity index (χ1) is 9.59. The maximum absolute atomic E-state index is 12.9. The van der Waals surface area contributed by atoms with Crippen molar-refractivity contribution in [2.45, 2.75) is 38.6 Å². The van der Waals surface area contributed by atoms with Crippen LogP contribution in [0.15, 0.2) is 30.3 Å². The van der Waals surface area contributed by atoms with Gasteiger partial charge in [-0.25, -0.2) is 0 Å². The van der Waals surface area contributed by atoms with Crippen LogP contribution in [0, 0.1) is 16.7 Å². The second kappa shape index (κ2) is 6.06. The standard InChI is InChI=1S/C16H21N3O/c1-16(10-5-9-14(16)18)15(20)19(12-6-11-17)13-7-3-2-4-8-13/h2-4,7-8,14H,5-6,9-10,12,18H2,1H3. The fourth-order valence-corrected chi connectivity index (χ4v) is 2.88. The Bertz CT molecular complexity index is 508. The molecule has 0 bridgehead atoms. The van der Waals surface area contributed by atoms with Crippen LogP contribution in [0.3, 0.4) is 0 Å². The predicted octanol–water partition coefficient (Wildman–Crippen LogP) is 2.45. The van der Waals surface area contributed by atoms with Crippen molar-refractivity contribution in [1.82, 2.24) is 0 Å². The molecule has 1 aliphatic rings. The zero-order valence-electron chi connectivity index (χ0n) is 11.9. The van der Waals surface area contributed by atoms with E-state index in [0.29, 0.717) is 13.0 Å². The molecule has 1 saturated carbocycles. The van der Waals surface area contributed by atoms with Gasteiger partial charge >= 0.3 is 0 Å². The van der Waals surface area contributed by atoms with Crippen LogP contribution >= 0.6 is 0 Å². The van der Waals surface area contributed by atoms with Crippen molar-refractivity contribution in [2.24, 2.45) is 11.1 Å². The minimum atomic E-state index is -0.509. The van der Waals surface area contributed by atoms with E-state index in [1.807, 2.05) is 37.3 Å². The van der Waals surface area contributed by atoms with Gasteiger partial charge in [0.1, 0.15) is 0 Å². The first-order valence-corrected chi connectivity index (χ1v) is 7.09. The zero-order chi connectivity index (χ0) is 14.6. The summed E-state index contributed by atoms with van der Waals surface area (Å²) in [6.07, 6.45) is 3.03. The highest BCUT2D eigenvalue weighted by Crippen LogP contribution is 2.39. The number of carbonyl (C=O) groups is 1. The molecule has 1 aliphatic carbocycles. The van der Waals surface area contributed by atoms with Gasteiger partial charge in [-0.15, -0.1) is 0 Å². The van der Waals surface area contributed by atoms with Gasteiger partial charge in [-0.3, -0.25) is 4.79 Å². The average molecular weight is 271 g/mol. The number of amides is 1. The molecule has 0 radical (unpaired) electrons. The van der Waals surface area contributed by atoms with E-state index in [1.54, 1.807) is 4.90 Å². The Morgan fingerprint density at radius 3 is 2.75 bits per heavy atom. The third kappa shape index (κ3) is 2.68. The third-order valence-corrected chi connectivity index (χ3v) is 4.28. The molecule has 106 valence electrons. The van der Waals surface area contributed by atoms with E-state index in [0.717, 1.165) is 24.9 Å². The van der Waals surface area contributed by atoms with Crippen molar-refractivity contribution in [3.05, 3.63) is 30.3 Å². The van der Waals surface area contributed by atoms with Crippen molar-refractivity contribution >= 4 is 11.6 Å². The Kier molecular flexibility index (Phi) is 4.41. The lowest BCUT2D eigenvalue weighted by molar-refractivity contribution is -0.127. The van der Waals surface area contributed by atoms with Crippen molar-refractivity contribution in [3.63, 3.8) is 0 Å². The van der Waals surface area contributed by atoms with Crippen molar-refractivity contribution in [2.75, 3.05) is 11.4 Å². The van der Waals surface area contributed by atoms with Crippen LogP contribution in [0.5, 0.6) is 0 Å². The van der Waals surface area contributed by atoms with E-state index in [2.05, 4.69) is 6.07 Å². The highest BCUT2D eigenvalue weighted by Gasteiger charge is 2.45. The monoisotopic (exact) mass is 271 g/mol. The van der Waals surface area contributed by atoms with Crippen LogP contribution in [0.4, 0.5) is 5.69 Å². The molecule has 0 spiro atoms. The highest BCUT2D eigenvalue weighted by molar-refractivity contribution is 5.98. The number of carbonyl (C=O) groups excluding carboxylic acids is 1. The highest BCUT2D eigenvalue weighted by atomic mass is 16.2. The smallest absolute Gasteiger partial charge is 0.234 e. The molecular weight excluding hydrogens is 250 g/mol. The predicted molar refractivity (Wildman–Crippen MR) is 79.0 cm³/mol. The van der Waals surface area contributed by atoms with Crippen LogP contribution in [-0.2, 0) is 4.79 Å². The van der Waals surface area contributed by atoms with Gasteiger partial charge in [-0.1, -0.05) is 24.6 Å². The maximum atomic E-state index is 12.9. The summed E-state index contributed by atoms with van der Waals surface area (Å²) in [4.78, 5) is 14.6. The quantitative estimate of drug-likeness (QED) is 0.914. The van der Waals surface area contributed by atoms with Gasteiger partial charge in [0, 0.05) is 18.3 Å². The molecule has 1 aromatic carbocycles. The first-order valence-electron chi connectivity index (χ1n) is 7.09. The molecule has 0 aliphatic heterocycles. The molecule has 1 amide bonds. The van der Waals surface area contributed by atoms with Gasteiger partial charge in [0.15, 0.2) is 0 Å². The number of nitrogens with zero attached hydrogens (tertiary/aromatic N) is 2. The second-order valence-corrected chi connectivity index (χ2v) is 5.62. The van der Waals surface area contributed by atoms with E-state index >= 15 is 0 Å². The molecule has 0 heterocycles. The summed E-state index contributed by atoms with van der Waals surface area (Å²) >= 11 is 0. The molecule has 2 N–H and O–H groups in total. The molecule has 2 unspecified atom stereocenters. The largest absolute Gasteiger partial charge is 0.327 e. The summed E-state index contributed by atoms with van der Waals surface area (Å²) in [6.45, 7) is 2.37. The zero-order valence-corrected chi connectivity index (χ0v) is 11.9. The second-order valence-electron chi connectivity index (χ2n) is 5.62. The summed E-state index contributed by atoms with van der Waals surface area (Å²) in [7, 11) is 0. The summed E-state index contributed by atoms with van der Waals surface area (Å²) < 4.78 is 0. The number of rotatable bonds is 4. The van der Waals surface area contributed by atoms with Crippen molar-refractivity contribution in [3.8, 4) is 6.07 Å². The van der Waals surface area contributed by atoms with E-state index in [1.165, 1.54) is 0 Å². The first kappa shape index (κ1) is 14.5. The molecule has 2 atom stereocenters. The molecule has 1 fully saturated rings. The normalized spacial score (nSPS) is 25.1. The molecule has 4 heteroatoms. The van der Waals surface area contributed by atoms with Gasteiger partial charge < -0.3 is 10.6 Å². The lowest BCUT2D eigenvalue weighted by atomic mass is 9.83.